The number of allylic oxidation sites excluding steroid dienone is 2. The van der Waals surface area contributed by atoms with Gasteiger partial charge in [0.1, 0.15) is 30.8 Å². The van der Waals surface area contributed by atoms with Gasteiger partial charge < -0.3 is 24.6 Å². The molecule has 270 valence electrons. The lowest BCUT2D eigenvalue weighted by Crippen LogP contribution is -2.42. The van der Waals surface area contributed by atoms with E-state index in [0.717, 1.165) is 27.8 Å². The number of rotatable bonds is 15. The smallest absolute Gasteiger partial charge is 0.407 e. The Hall–Kier alpha value is -4.92. The van der Waals surface area contributed by atoms with Crippen LogP contribution in [0, 0.1) is 11.3 Å². The Morgan fingerprint density at radius 2 is 1.57 bits per heavy atom. The molecule has 9 nitrogen and oxygen atoms in total. The highest BCUT2D eigenvalue weighted by Gasteiger charge is 2.35. The van der Waals surface area contributed by atoms with Crippen LogP contribution < -0.4 is 10.1 Å². The number of hydrogen-bond acceptors (Lipinski definition) is 8. The van der Waals surface area contributed by atoms with Crippen LogP contribution in [0.1, 0.15) is 88.8 Å². The van der Waals surface area contributed by atoms with Gasteiger partial charge in [-0.1, -0.05) is 88.4 Å². The number of ketones is 1. The summed E-state index contributed by atoms with van der Waals surface area (Å²) >= 11 is 0. The van der Waals surface area contributed by atoms with Crippen molar-refractivity contribution in [2.24, 2.45) is 16.3 Å². The SMILES string of the molecule is COc1ccc(COC(=O)[C@H](CCCCN=C(CC(C)C)C2=C(O)CC(C)(C)CC2=O)NC(=O)OCC2c3ccccc3-c3ccccc32)cc1. The van der Waals surface area contributed by atoms with Crippen molar-refractivity contribution in [3.05, 3.63) is 101 Å². The molecule has 0 fully saturated rings. The fraction of sp³-hybridized carbons (Fsp3) is 0.429. The molecule has 9 heteroatoms. The molecule has 2 aliphatic rings. The van der Waals surface area contributed by atoms with Gasteiger partial charge in [-0.3, -0.25) is 9.79 Å². The van der Waals surface area contributed by atoms with Crippen LogP contribution in [0.4, 0.5) is 4.79 Å². The summed E-state index contributed by atoms with van der Waals surface area (Å²) in [5, 5.41) is 13.6. The number of aliphatic hydroxyl groups excluding tert-OH is 1. The van der Waals surface area contributed by atoms with Gasteiger partial charge in [0.25, 0.3) is 0 Å². The van der Waals surface area contributed by atoms with E-state index in [-0.39, 0.29) is 42.0 Å². The molecule has 5 rings (SSSR count). The number of fused-ring (bicyclic) bond motifs is 3. The van der Waals surface area contributed by atoms with Crippen LogP contribution >= 0.6 is 0 Å². The van der Waals surface area contributed by atoms with Crippen LogP contribution in [0.2, 0.25) is 0 Å². The molecule has 0 saturated carbocycles. The molecule has 0 aliphatic heterocycles. The molecule has 0 heterocycles. The Morgan fingerprint density at radius 1 is 0.922 bits per heavy atom. The number of aliphatic hydroxyl groups is 1. The molecule has 0 bridgehead atoms. The van der Waals surface area contributed by atoms with Gasteiger partial charge in [-0.2, -0.15) is 0 Å². The zero-order valence-electron chi connectivity index (χ0n) is 30.4. The van der Waals surface area contributed by atoms with Crippen molar-refractivity contribution in [1.82, 2.24) is 5.32 Å². The molecule has 0 aromatic heterocycles. The summed E-state index contributed by atoms with van der Waals surface area (Å²) in [5.41, 5.74) is 5.95. The molecule has 1 amide bonds. The maximum absolute atomic E-state index is 13.4. The lowest BCUT2D eigenvalue weighted by atomic mass is 9.75. The third-order valence-corrected chi connectivity index (χ3v) is 9.41. The first-order chi connectivity index (χ1) is 24.5. The fourth-order valence-corrected chi connectivity index (χ4v) is 6.93. The number of esters is 1. The van der Waals surface area contributed by atoms with E-state index in [2.05, 4.69) is 43.4 Å². The fourth-order valence-electron chi connectivity index (χ4n) is 6.93. The van der Waals surface area contributed by atoms with E-state index in [1.807, 2.05) is 50.2 Å². The number of Topliss-reactive ketones (excluding diaryl/α,β-unsaturated/α-hetero) is 1. The van der Waals surface area contributed by atoms with Crippen LogP contribution in [-0.2, 0) is 25.7 Å². The predicted molar refractivity (Wildman–Crippen MR) is 198 cm³/mol. The largest absolute Gasteiger partial charge is 0.511 e. The Morgan fingerprint density at radius 3 is 2.18 bits per heavy atom. The number of aliphatic imine (C=N–C) groups is 1. The number of nitrogens with one attached hydrogen (secondary N) is 1. The second-order valence-corrected chi connectivity index (χ2v) is 14.7. The minimum Gasteiger partial charge on any atom is -0.511 e. The zero-order valence-corrected chi connectivity index (χ0v) is 30.4. The molecule has 51 heavy (non-hydrogen) atoms. The van der Waals surface area contributed by atoms with Crippen LogP contribution in [0.3, 0.4) is 0 Å². The zero-order chi connectivity index (χ0) is 36.5. The monoisotopic (exact) mass is 694 g/mol. The van der Waals surface area contributed by atoms with E-state index in [4.69, 9.17) is 19.2 Å². The van der Waals surface area contributed by atoms with Gasteiger partial charge in [-0.15, -0.1) is 0 Å². The number of carbonyl (C=O) groups excluding carboxylic acids is 3. The Kier molecular flexibility index (Phi) is 12.3. The maximum atomic E-state index is 13.4. The van der Waals surface area contributed by atoms with Gasteiger partial charge >= 0.3 is 12.1 Å². The number of carbonyl (C=O) groups is 3. The highest BCUT2D eigenvalue weighted by molar-refractivity contribution is 6.23. The molecule has 0 saturated heterocycles. The molecule has 0 spiro atoms. The van der Waals surface area contributed by atoms with Crippen molar-refractivity contribution in [2.45, 2.75) is 84.8 Å². The lowest BCUT2D eigenvalue weighted by molar-refractivity contribution is -0.147. The van der Waals surface area contributed by atoms with Gasteiger partial charge in [0.15, 0.2) is 5.78 Å². The van der Waals surface area contributed by atoms with Crippen LogP contribution in [0.25, 0.3) is 11.1 Å². The van der Waals surface area contributed by atoms with E-state index in [9.17, 15) is 19.5 Å². The molecular formula is C42H50N2O7. The number of nitrogens with zero attached hydrogens (tertiary/aromatic N) is 1. The highest BCUT2D eigenvalue weighted by Crippen LogP contribution is 2.44. The topological polar surface area (TPSA) is 124 Å². The second-order valence-electron chi connectivity index (χ2n) is 14.7. The maximum Gasteiger partial charge on any atom is 0.407 e. The minimum atomic E-state index is -0.938. The Bertz CT molecular complexity index is 1730. The first-order valence-electron chi connectivity index (χ1n) is 17.9. The summed E-state index contributed by atoms with van der Waals surface area (Å²) in [7, 11) is 1.59. The Labute approximate surface area is 301 Å². The summed E-state index contributed by atoms with van der Waals surface area (Å²) in [6.07, 6.45) is 2.15. The van der Waals surface area contributed by atoms with Gasteiger partial charge in [0, 0.05) is 31.0 Å². The highest BCUT2D eigenvalue weighted by atomic mass is 16.6. The van der Waals surface area contributed by atoms with Crippen molar-refractivity contribution >= 4 is 23.6 Å². The standard InChI is InChI=1S/C42H50N2O7/c1-27(2)22-36(39-37(45)23-42(3,4)24-38(39)46)43-21-11-10-16-35(40(47)50-25-28-17-19-29(49-5)20-18-28)44-41(48)51-26-34-32-14-8-6-12-30(32)31-13-7-9-15-33(31)34/h6-9,12-15,17-20,27,34-35,45H,10-11,16,21-26H2,1-5H3,(H,44,48)/t35-/m0/s1. The van der Waals surface area contributed by atoms with E-state index in [0.29, 0.717) is 62.1 Å². The average Bonchev–Trinajstić information content (AvgIpc) is 3.41. The van der Waals surface area contributed by atoms with Gasteiger partial charge in [0.05, 0.1) is 12.7 Å². The quantitative estimate of drug-likeness (QED) is 0.0929. The predicted octanol–water partition coefficient (Wildman–Crippen LogP) is 8.50. The molecule has 0 radical (unpaired) electrons. The van der Waals surface area contributed by atoms with Gasteiger partial charge in [-0.25, -0.2) is 9.59 Å². The number of benzene rings is 3. The van der Waals surface area contributed by atoms with Gasteiger partial charge in [0.2, 0.25) is 0 Å². The number of amides is 1. The third-order valence-electron chi connectivity index (χ3n) is 9.41. The van der Waals surface area contributed by atoms with Crippen molar-refractivity contribution in [2.75, 3.05) is 20.3 Å². The van der Waals surface area contributed by atoms with E-state index < -0.39 is 18.1 Å². The minimum absolute atomic E-state index is 0.0397. The molecule has 2 N–H and O–H groups in total. The van der Waals surface area contributed by atoms with Crippen molar-refractivity contribution < 1.29 is 33.7 Å². The number of methoxy groups -OCH3 is 1. The average molecular weight is 695 g/mol. The van der Waals surface area contributed by atoms with E-state index >= 15 is 0 Å². The molecule has 2 aliphatic carbocycles. The molecule has 3 aromatic rings. The van der Waals surface area contributed by atoms with Crippen LogP contribution in [0.5, 0.6) is 5.75 Å². The van der Waals surface area contributed by atoms with Crippen molar-refractivity contribution in [3.63, 3.8) is 0 Å². The van der Waals surface area contributed by atoms with E-state index in [1.165, 1.54) is 0 Å². The van der Waals surface area contributed by atoms with E-state index in [1.54, 1.807) is 19.2 Å². The lowest BCUT2D eigenvalue weighted by Gasteiger charge is -2.30. The third kappa shape index (κ3) is 9.66. The Balaban J connectivity index is 1.23. The van der Waals surface area contributed by atoms with Crippen molar-refractivity contribution in [3.8, 4) is 16.9 Å². The summed E-state index contributed by atoms with van der Waals surface area (Å²) in [6.45, 7) is 8.65. The molecular weight excluding hydrogens is 644 g/mol. The summed E-state index contributed by atoms with van der Waals surface area (Å²) in [5.74, 6) is 0.310. The number of hydrogen-bond donors (Lipinski definition) is 2. The first-order valence-corrected chi connectivity index (χ1v) is 17.9. The van der Waals surface area contributed by atoms with Crippen LogP contribution in [-0.4, -0.2) is 55.0 Å². The number of alkyl carbamates (subject to hydrolysis) is 1. The molecule has 0 unspecified atom stereocenters. The second kappa shape index (κ2) is 16.9. The summed E-state index contributed by atoms with van der Waals surface area (Å²) in [4.78, 5) is 44.4. The van der Waals surface area contributed by atoms with Crippen molar-refractivity contribution in [1.29, 1.82) is 0 Å². The first kappa shape index (κ1) is 37.3. The number of unbranched alkanes of at least 4 members (excludes halogenated alkanes) is 1. The molecule has 3 aromatic carbocycles. The normalized spacial score (nSPS) is 16.0. The summed E-state index contributed by atoms with van der Waals surface area (Å²) < 4.78 is 16.6. The summed E-state index contributed by atoms with van der Waals surface area (Å²) in [6, 6.07) is 22.5. The van der Waals surface area contributed by atoms with Gasteiger partial charge in [-0.05, 0) is 77.0 Å². The molecule has 1 atom stereocenters. The number of ether oxygens (including phenoxy) is 3. The van der Waals surface area contributed by atoms with Crippen LogP contribution in [0.15, 0.2) is 89.1 Å².